The molecular weight excluding hydrogens is 310 g/mol. The Kier molecular flexibility index (Phi) is 4.60. The summed E-state index contributed by atoms with van der Waals surface area (Å²) in [7, 11) is 1.61. The highest BCUT2D eigenvalue weighted by Gasteiger charge is 2.10. The zero-order valence-corrected chi connectivity index (χ0v) is 13.2. The molecule has 3 aromatic rings. The molecule has 0 saturated carbocycles. The predicted molar refractivity (Wildman–Crippen MR) is 87.0 cm³/mol. The number of hydrogen-bond donors (Lipinski definition) is 0. The summed E-state index contributed by atoms with van der Waals surface area (Å²) < 4.78 is 10.9. The van der Waals surface area contributed by atoms with Crippen LogP contribution in [-0.4, -0.2) is 17.3 Å². The first-order valence-electron chi connectivity index (χ1n) is 6.88. The molecule has 0 fully saturated rings. The average Bonchev–Trinajstić information content (AvgIpc) is 3.09. The maximum absolute atomic E-state index is 8.91. The molecule has 23 heavy (non-hydrogen) atoms. The van der Waals surface area contributed by atoms with Crippen molar-refractivity contribution in [2.75, 3.05) is 7.11 Å². The minimum Gasteiger partial charge on any atom is -0.497 e. The van der Waals surface area contributed by atoms with Gasteiger partial charge in [0.2, 0.25) is 5.89 Å². The van der Waals surface area contributed by atoms with Gasteiger partial charge in [0, 0.05) is 11.3 Å². The Morgan fingerprint density at radius 1 is 1.17 bits per heavy atom. The molecule has 0 aliphatic carbocycles. The SMILES string of the molecule is COc1cccc(-c2nnc(SCc3cccc(C#N)c3)o2)c1. The second kappa shape index (κ2) is 6.99. The number of nitriles is 1. The molecule has 0 aliphatic heterocycles. The van der Waals surface area contributed by atoms with Crippen LogP contribution in [0.3, 0.4) is 0 Å². The quantitative estimate of drug-likeness (QED) is 0.663. The molecule has 0 radical (unpaired) electrons. The van der Waals surface area contributed by atoms with Gasteiger partial charge >= 0.3 is 0 Å². The summed E-state index contributed by atoms with van der Waals surface area (Å²) in [6.07, 6.45) is 0. The first-order valence-corrected chi connectivity index (χ1v) is 7.87. The first kappa shape index (κ1) is 15.1. The first-order chi connectivity index (χ1) is 11.3. The minimum absolute atomic E-state index is 0.456. The van der Waals surface area contributed by atoms with Crippen molar-refractivity contribution >= 4 is 11.8 Å². The zero-order valence-electron chi connectivity index (χ0n) is 12.4. The fourth-order valence-electron chi connectivity index (χ4n) is 2.02. The summed E-state index contributed by atoms with van der Waals surface area (Å²) in [6.45, 7) is 0. The lowest BCUT2D eigenvalue weighted by molar-refractivity contribution is 0.414. The van der Waals surface area contributed by atoms with E-state index in [0.717, 1.165) is 16.9 Å². The van der Waals surface area contributed by atoms with E-state index < -0.39 is 0 Å². The van der Waals surface area contributed by atoms with E-state index in [0.29, 0.717) is 22.4 Å². The van der Waals surface area contributed by atoms with E-state index in [4.69, 9.17) is 14.4 Å². The van der Waals surface area contributed by atoms with Gasteiger partial charge in [-0.15, -0.1) is 10.2 Å². The molecule has 0 unspecified atom stereocenters. The number of rotatable bonds is 5. The normalized spacial score (nSPS) is 10.3. The fourth-order valence-corrected chi connectivity index (χ4v) is 2.72. The molecule has 1 aromatic heterocycles. The lowest BCUT2D eigenvalue weighted by atomic mass is 10.2. The molecule has 0 atom stereocenters. The number of benzene rings is 2. The lowest BCUT2D eigenvalue weighted by Crippen LogP contribution is -1.83. The van der Waals surface area contributed by atoms with Gasteiger partial charge in [-0.1, -0.05) is 30.0 Å². The smallest absolute Gasteiger partial charge is 0.277 e. The van der Waals surface area contributed by atoms with Crippen molar-refractivity contribution in [3.05, 3.63) is 59.7 Å². The van der Waals surface area contributed by atoms with Crippen LogP contribution < -0.4 is 4.74 Å². The largest absolute Gasteiger partial charge is 0.497 e. The average molecular weight is 323 g/mol. The van der Waals surface area contributed by atoms with Crippen LogP contribution in [0.15, 0.2) is 58.2 Å². The van der Waals surface area contributed by atoms with Gasteiger partial charge < -0.3 is 9.15 Å². The number of aromatic nitrogens is 2. The van der Waals surface area contributed by atoms with Crippen LogP contribution in [0.2, 0.25) is 0 Å². The van der Waals surface area contributed by atoms with E-state index in [-0.39, 0.29) is 0 Å². The predicted octanol–water partition coefficient (Wildman–Crippen LogP) is 3.91. The molecule has 2 aromatic carbocycles. The van der Waals surface area contributed by atoms with E-state index in [1.807, 2.05) is 42.5 Å². The molecule has 3 rings (SSSR count). The Morgan fingerprint density at radius 3 is 2.87 bits per heavy atom. The van der Waals surface area contributed by atoms with Crippen molar-refractivity contribution in [2.24, 2.45) is 0 Å². The molecule has 0 spiro atoms. The van der Waals surface area contributed by atoms with Crippen molar-refractivity contribution < 1.29 is 9.15 Å². The Bertz CT molecular complexity index is 855. The van der Waals surface area contributed by atoms with Crippen LogP contribution in [0.25, 0.3) is 11.5 Å². The molecule has 0 N–H and O–H groups in total. The Morgan fingerprint density at radius 2 is 2.04 bits per heavy atom. The summed E-state index contributed by atoms with van der Waals surface area (Å²) in [5.74, 6) is 1.86. The van der Waals surface area contributed by atoms with Crippen LogP contribution in [0.1, 0.15) is 11.1 Å². The van der Waals surface area contributed by atoms with Gasteiger partial charge in [-0.05, 0) is 35.9 Å². The molecular formula is C17H13N3O2S. The van der Waals surface area contributed by atoms with Crippen LogP contribution in [-0.2, 0) is 5.75 Å². The molecule has 6 heteroatoms. The summed E-state index contributed by atoms with van der Waals surface area (Å²) in [4.78, 5) is 0. The van der Waals surface area contributed by atoms with Gasteiger partial charge in [0.1, 0.15) is 5.75 Å². The number of ether oxygens (including phenoxy) is 1. The van der Waals surface area contributed by atoms with Crippen molar-refractivity contribution in [3.63, 3.8) is 0 Å². The van der Waals surface area contributed by atoms with Crippen LogP contribution in [0, 0.1) is 11.3 Å². The Balaban J connectivity index is 1.70. The monoisotopic (exact) mass is 323 g/mol. The molecule has 114 valence electrons. The van der Waals surface area contributed by atoms with Crippen LogP contribution in [0.5, 0.6) is 5.75 Å². The molecule has 1 heterocycles. The fraction of sp³-hybridized carbons (Fsp3) is 0.118. The van der Waals surface area contributed by atoms with E-state index in [9.17, 15) is 0 Å². The van der Waals surface area contributed by atoms with E-state index in [1.165, 1.54) is 11.8 Å². The minimum atomic E-state index is 0.456. The highest BCUT2D eigenvalue weighted by atomic mass is 32.2. The zero-order chi connectivity index (χ0) is 16.1. The maximum atomic E-state index is 8.91. The van der Waals surface area contributed by atoms with E-state index in [1.54, 1.807) is 13.2 Å². The van der Waals surface area contributed by atoms with E-state index in [2.05, 4.69) is 16.3 Å². The van der Waals surface area contributed by atoms with Crippen molar-refractivity contribution in [3.8, 4) is 23.3 Å². The third-order valence-corrected chi connectivity index (χ3v) is 4.03. The van der Waals surface area contributed by atoms with Gasteiger partial charge in [-0.3, -0.25) is 0 Å². The molecule has 0 bridgehead atoms. The summed E-state index contributed by atoms with van der Waals surface area (Å²) >= 11 is 1.44. The maximum Gasteiger partial charge on any atom is 0.277 e. The standard InChI is InChI=1S/C17H13N3O2S/c1-21-15-7-3-6-14(9-15)16-19-20-17(22-16)23-11-13-5-2-4-12(8-13)10-18/h2-9H,11H2,1H3. The van der Waals surface area contributed by atoms with Gasteiger partial charge in [0.15, 0.2) is 0 Å². The topological polar surface area (TPSA) is 71.9 Å². The van der Waals surface area contributed by atoms with Gasteiger partial charge in [-0.2, -0.15) is 5.26 Å². The van der Waals surface area contributed by atoms with Crippen LogP contribution >= 0.6 is 11.8 Å². The number of thioether (sulfide) groups is 1. The van der Waals surface area contributed by atoms with Crippen molar-refractivity contribution in [2.45, 2.75) is 11.0 Å². The van der Waals surface area contributed by atoms with Gasteiger partial charge in [0.05, 0.1) is 18.7 Å². The summed E-state index contributed by atoms with van der Waals surface area (Å²) in [6, 6.07) is 17.1. The molecule has 0 aliphatic rings. The Hall–Kier alpha value is -2.78. The second-order valence-corrected chi connectivity index (χ2v) is 5.63. The lowest BCUT2D eigenvalue weighted by Gasteiger charge is -2.00. The van der Waals surface area contributed by atoms with Crippen molar-refractivity contribution in [1.82, 2.24) is 10.2 Å². The summed E-state index contributed by atoms with van der Waals surface area (Å²) in [5, 5.41) is 17.5. The van der Waals surface area contributed by atoms with Crippen LogP contribution in [0.4, 0.5) is 0 Å². The van der Waals surface area contributed by atoms with Crippen molar-refractivity contribution in [1.29, 1.82) is 5.26 Å². The third kappa shape index (κ3) is 3.71. The number of methoxy groups -OCH3 is 1. The Labute approximate surface area is 137 Å². The highest BCUT2D eigenvalue weighted by Crippen LogP contribution is 2.27. The third-order valence-electron chi connectivity index (χ3n) is 3.14. The number of nitrogens with zero attached hydrogens (tertiary/aromatic N) is 3. The number of hydrogen-bond acceptors (Lipinski definition) is 6. The van der Waals surface area contributed by atoms with Gasteiger partial charge in [-0.25, -0.2) is 0 Å². The second-order valence-electron chi connectivity index (χ2n) is 4.71. The molecule has 0 saturated heterocycles. The molecule has 5 nitrogen and oxygen atoms in total. The van der Waals surface area contributed by atoms with Gasteiger partial charge in [0.25, 0.3) is 5.22 Å². The summed E-state index contributed by atoms with van der Waals surface area (Å²) in [5.41, 5.74) is 2.50. The highest BCUT2D eigenvalue weighted by molar-refractivity contribution is 7.98. The molecule has 0 amide bonds. The van der Waals surface area contributed by atoms with E-state index >= 15 is 0 Å².